The second-order valence-corrected chi connectivity index (χ2v) is 6.57. The van der Waals surface area contributed by atoms with Gasteiger partial charge in [-0.2, -0.15) is 0 Å². The van der Waals surface area contributed by atoms with Gasteiger partial charge in [0.2, 0.25) is 0 Å². The number of aliphatic imine (C=N–C) groups is 1. The van der Waals surface area contributed by atoms with Crippen LogP contribution in [0.15, 0.2) is 46.5 Å². The van der Waals surface area contributed by atoms with Gasteiger partial charge in [-0.25, -0.2) is 0 Å². The number of aromatic nitrogens is 1. The minimum Gasteiger partial charge on any atom is -0.356 e. The molecule has 0 aliphatic rings. The molecular weight excluding hydrogens is 316 g/mol. The van der Waals surface area contributed by atoms with Crippen LogP contribution in [0.1, 0.15) is 22.3 Å². The lowest BCUT2D eigenvalue weighted by Gasteiger charge is -2.14. The predicted octanol–water partition coefficient (Wildman–Crippen LogP) is 3.33. The SMILES string of the molecule is CN=C(NCCc1ccncc1C)NCc1ccc(C)cc1SC. The van der Waals surface area contributed by atoms with Crippen molar-refractivity contribution in [1.29, 1.82) is 0 Å². The number of rotatable bonds is 6. The molecule has 0 unspecified atom stereocenters. The van der Waals surface area contributed by atoms with Crippen LogP contribution >= 0.6 is 11.8 Å². The van der Waals surface area contributed by atoms with Crippen LogP contribution in [-0.4, -0.2) is 30.8 Å². The van der Waals surface area contributed by atoms with E-state index >= 15 is 0 Å². The molecule has 0 fully saturated rings. The van der Waals surface area contributed by atoms with E-state index in [1.165, 1.54) is 27.1 Å². The van der Waals surface area contributed by atoms with Gasteiger partial charge in [0.05, 0.1) is 0 Å². The third-order valence-electron chi connectivity index (χ3n) is 3.94. The minimum absolute atomic E-state index is 0.768. The highest BCUT2D eigenvalue weighted by Crippen LogP contribution is 2.21. The first-order chi connectivity index (χ1) is 11.6. The maximum atomic E-state index is 4.31. The molecule has 2 N–H and O–H groups in total. The Morgan fingerprint density at radius 1 is 1.17 bits per heavy atom. The summed E-state index contributed by atoms with van der Waals surface area (Å²) in [6.07, 6.45) is 6.82. The van der Waals surface area contributed by atoms with Gasteiger partial charge in [0, 0.05) is 37.4 Å². The Balaban J connectivity index is 1.86. The standard InChI is InChI=1S/C19H26N4S/c1-14-5-6-17(18(11-14)24-4)13-23-19(20-3)22-10-8-16-7-9-21-12-15(16)2/h5-7,9,11-12H,8,10,13H2,1-4H3,(H2,20,22,23). The average molecular weight is 343 g/mol. The third kappa shape index (κ3) is 5.27. The highest BCUT2D eigenvalue weighted by Gasteiger charge is 2.04. The van der Waals surface area contributed by atoms with Crippen molar-refractivity contribution in [2.45, 2.75) is 31.7 Å². The Morgan fingerprint density at radius 3 is 2.71 bits per heavy atom. The van der Waals surface area contributed by atoms with Crippen molar-refractivity contribution in [2.75, 3.05) is 19.8 Å². The number of nitrogens with one attached hydrogen (secondary N) is 2. The van der Waals surface area contributed by atoms with Crippen molar-refractivity contribution in [3.63, 3.8) is 0 Å². The van der Waals surface area contributed by atoms with Crippen LogP contribution in [0.25, 0.3) is 0 Å². The fourth-order valence-electron chi connectivity index (χ4n) is 2.50. The predicted molar refractivity (Wildman–Crippen MR) is 104 cm³/mol. The number of nitrogens with zero attached hydrogens (tertiary/aromatic N) is 2. The maximum Gasteiger partial charge on any atom is 0.191 e. The fourth-order valence-corrected chi connectivity index (χ4v) is 3.20. The van der Waals surface area contributed by atoms with Crippen molar-refractivity contribution in [2.24, 2.45) is 4.99 Å². The van der Waals surface area contributed by atoms with Crippen molar-refractivity contribution in [3.8, 4) is 0 Å². The zero-order valence-electron chi connectivity index (χ0n) is 14.9. The number of pyridine rings is 1. The summed E-state index contributed by atoms with van der Waals surface area (Å²) in [7, 11) is 1.80. The molecule has 0 amide bonds. The second kappa shape index (κ2) is 9.33. The molecule has 4 nitrogen and oxygen atoms in total. The first kappa shape index (κ1) is 18.3. The number of benzene rings is 1. The first-order valence-corrected chi connectivity index (χ1v) is 9.34. The molecule has 0 saturated carbocycles. The van der Waals surface area contributed by atoms with Crippen LogP contribution in [0.4, 0.5) is 0 Å². The summed E-state index contributed by atoms with van der Waals surface area (Å²) in [6.45, 7) is 5.83. The molecular formula is C19H26N4S. The summed E-state index contributed by atoms with van der Waals surface area (Å²) in [4.78, 5) is 9.75. The summed E-state index contributed by atoms with van der Waals surface area (Å²) in [6, 6.07) is 8.63. The van der Waals surface area contributed by atoms with Crippen LogP contribution in [0.2, 0.25) is 0 Å². The van der Waals surface area contributed by atoms with Gasteiger partial charge in [-0.3, -0.25) is 9.98 Å². The molecule has 0 radical (unpaired) electrons. The van der Waals surface area contributed by atoms with E-state index in [9.17, 15) is 0 Å². The zero-order chi connectivity index (χ0) is 17.4. The van der Waals surface area contributed by atoms with E-state index < -0.39 is 0 Å². The molecule has 24 heavy (non-hydrogen) atoms. The lowest BCUT2D eigenvalue weighted by Crippen LogP contribution is -2.38. The van der Waals surface area contributed by atoms with E-state index in [0.717, 1.165) is 25.5 Å². The largest absolute Gasteiger partial charge is 0.356 e. The Labute approximate surface area is 149 Å². The Kier molecular flexibility index (Phi) is 7.12. The van der Waals surface area contributed by atoms with E-state index in [4.69, 9.17) is 0 Å². The zero-order valence-corrected chi connectivity index (χ0v) is 15.7. The fraction of sp³-hybridized carbons (Fsp3) is 0.368. The lowest BCUT2D eigenvalue weighted by molar-refractivity contribution is 0.786. The number of aryl methyl sites for hydroxylation is 2. The summed E-state index contributed by atoms with van der Waals surface area (Å²) in [5.74, 6) is 0.828. The molecule has 2 rings (SSSR count). The van der Waals surface area contributed by atoms with E-state index in [2.05, 4.69) is 65.0 Å². The van der Waals surface area contributed by atoms with Gasteiger partial charge in [-0.15, -0.1) is 11.8 Å². The molecule has 1 aromatic carbocycles. The molecule has 0 atom stereocenters. The minimum atomic E-state index is 0.768. The number of thioether (sulfide) groups is 1. The van der Waals surface area contributed by atoms with E-state index in [0.29, 0.717) is 0 Å². The Morgan fingerprint density at radius 2 is 2.00 bits per heavy atom. The highest BCUT2D eigenvalue weighted by molar-refractivity contribution is 7.98. The van der Waals surface area contributed by atoms with Gasteiger partial charge in [0.1, 0.15) is 0 Å². The summed E-state index contributed by atoms with van der Waals surface area (Å²) in [5.41, 5.74) is 5.13. The molecule has 1 aromatic heterocycles. The average Bonchev–Trinajstić information content (AvgIpc) is 2.60. The summed E-state index contributed by atoms with van der Waals surface area (Å²) >= 11 is 1.78. The Bertz CT molecular complexity index is 698. The van der Waals surface area contributed by atoms with Gasteiger partial charge < -0.3 is 10.6 Å². The van der Waals surface area contributed by atoms with Gasteiger partial charge >= 0.3 is 0 Å². The van der Waals surface area contributed by atoms with Crippen LogP contribution in [0.5, 0.6) is 0 Å². The summed E-state index contributed by atoms with van der Waals surface area (Å²) < 4.78 is 0. The Hall–Kier alpha value is -2.01. The number of guanidine groups is 1. The van der Waals surface area contributed by atoms with Crippen LogP contribution in [0, 0.1) is 13.8 Å². The third-order valence-corrected chi connectivity index (χ3v) is 4.76. The molecule has 1 heterocycles. The lowest BCUT2D eigenvalue weighted by atomic mass is 10.1. The molecule has 128 valence electrons. The van der Waals surface area contributed by atoms with Crippen molar-refractivity contribution < 1.29 is 0 Å². The summed E-state index contributed by atoms with van der Waals surface area (Å²) in [5, 5.41) is 6.77. The smallest absolute Gasteiger partial charge is 0.191 e. The highest BCUT2D eigenvalue weighted by atomic mass is 32.2. The normalized spacial score (nSPS) is 11.4. The second-order valence-electron chi connectivity index (χ2n) is 5.72. The molecule has 2 aromatic rings. The number of hydrogen-bond acceptors (Lipinski definition) is 3. The molecule has 0 spiro atoms. The molecule has 0 aliphatic carbocycles. The molecule has 0 saturated heterocycles. The molecule has 0 aliphatic heterocycles. The maximum absolute atomic E-state index is 4.31. The van der Waals surface area contributed by atoms with E-state index in [1.54, 1.807) is 18.8 Å². The van der Waals surface area contributed by atoms with Gasteiger partial charge in [-0.1, -0.05) is 12.1 Å². The molecule has 5 heteroatoms. The van der Waals surface area contributed by atoms with Crippen molar-refractivity contribution >= 4 is 17.7 Å². The topological polar surface area (TPSA) is 49.3 Å². The molecule has 0 bridgehead atoms. The monoisotopic (exact) mass is 342 g/mol. The van der Waals surface area contributed by atoms with Crippen LogP contribution in [0.3, 0.4) is 0 Å². The quantitative estimate of drug-likeness (QED) is 0.480. The van der Waals surface area contributed by atoms with Crippen molar-refractivity contribution in [3.05, 3.63) is 58.9 Å². The van der Waals surface area contributed by atoms with Crippen LogP contribution in [-0.2, 0) is 13.0 Å². The van der Waals surface area contributed by atoms with Gasteiger partial charge in [0.25, 0.3) is 0 Å². The van der Waals surface area contributed by atoms with Gasteiger partial charge in [0.15, 0.2) is 5.96 Å². The van der Waals surface area contributed by atoms with E-state index in [-0.39, 0.29) is 0 Å². The van der Waals surface area contributed by atoms with Crippen LogP contribution < -0.4 is 10.6 Å². The number of hydrogen-bond donors (Lipinski definition) is 2. The van der Waals surface area contributed by atoms with Gasteiger partial charge in [-0.05, 0) is 60.9 Å². The van der Waals surface area contributed by atoms with Crippen molar-refractivity contribution in [1.82, 2.24) is 15.6 Å². The van der Waals surface area contributed by atoms with E-state index in [1.807, 2.05) is 12.4 Å². The first-order valence-electron chi connectivity index (χ1n) is 8.11.